The van der Waals surface area contributed by atoms with Gasteiger partial charge in [-0.3, -0.25) is 0 Å². The standard InChI is InChI=1S/C18H26N2O3/c1-20(2)13-15-16(7-6-14-8-9-19-18(14)15)21-11-12-23-17-5-3-4-10-22-17/h6-9,17,19H,3-5,10-13H2,1-2H3. The molecule has 1 aromatic carbocycles. The number of hydrogen-bond donors (Lipinski definition) is 1. The molecule has 0 aliphatic carbocycles. The van der Waals surface area contributed by atoms with Crippen LogP contribution in [0, 0.1) is 0 Å². The highest BCUT2D eigenvalue weighted by molar-refractivity contribution is 5.84. The zero-order valence-corrected chi connectivity index (χ0v) is 14.0. The molecule has 5 nitrogen and oxygen atoms in total. The summed E-state index contributed by atoms with van der Waals surface area (Å²) in [4.78, 5) is 5.47. The second-order valence-electron chi connectivity index (χ2n) is 6.24. The maximum atomic E-state index is 5.98. The molecule has 23 heavy (non-hydrogen) atoms. The lowest BCUT2D eigenvalue weighted by Gasteiger charge is -2.23. The lowest BCUT2D eigenvalue weighted by Crippen LogP contribution is -2.24. The molecule has 5 heteroatoms. The maximum Gasteiger partial charge on any atom is 0.157 e. The molecule has 0 saturated carbocycles. The van der Waals surface area contributed by atoms with Crippen LogP contribution in [0.1, 0.15) is 24.8 Å². The largest absolute Gasteiger partial charge is 0.491 e. The molecule has 1 aromatic heterocycles. The minimum Gasteiger partial charge on any atom is -0.491 e. The molecule has 0 radical (unpaired) electrons. The Morgan fingerprint density at radius 3 is 2.91 bits per heavy atom. The van der Waals surface area contributed by atoms with Crippen molar-refractivity contribution in [2.45, 2.75) is 32.1 Å². The van der Waals surface area contributed by atoms with Crippen molar-refractivity contribution in [3.63, 3.8) is 0 Å². The minimum atomic E-state index is -0.0560. The van der Waals surface area contributed by atoms with Crippen LogP contribution in [0.25, 0.3) is 10.9 Å². The molecule has 0 spiro atoms. The summed E-state index contributed by atoms with van der Waals surface area (Å²) in [7, 11) is 4.13. The van der Waals surface area contributed by atoms with E-state index < -0.39 is 0 Å². The molecule has 0 bridgehead atoms. The van der Waals surface area contributed by atoms with E-state index in [1.807, 2.05) is 12.3 Å². The van der Waals surface area contributed by atoms with E-state index in [0.717, 1.165) is 37.3 Å². The van der Waals surface area contributed by atoms with Crippen LogP contribution in [-0.4, -0.2) is 50.1 Å². The highest BCUT2D eigenvalue weighted by atomic mass is 16.7. The van der Waals surface area contributed by atoms with Gasteiger partial charge in [0.2, 0.25) is 0 Å². The number of ether oxygens (including phenoxy) is 3. The van der Waals surface area contributed by atoms with Gasteiger partial charge < -0.3 is 24.1 Å². The Morgan fingerprint density at radius 1 is 1.22 bits per heavy atom. The van der Waals surface area contributed by atoms with Crippen molar-refractivity contribution in [2.75, 3.05) is 33.9 Å². The molecule has 1 fully saturated rings. The third kappa shape index (κ3) is 4.25. The fourth-order valence-electron chi connectivity index (χ4n) is 2.95. The molecule has 2 heterocycles. The molecule has 3 rings (SSSR count). The van der Waals surface area contributed by atoms with E-state index in [0.29, 0.717) is 13.2 Å². The number of benzene rings is 1. The molecule has 1 aliphatic rings. The highest BCUT2D eigenvalue weighted by Crippen LogP contribution is 2.28. The fourth-order valence-corrected chi connectivity index (χ4v) is 2.95. The molecule has 0 amide bonds. The predicted octanol–water partition coefficient (Wildman–Crippen LogP) is 3.15. The van der Waals surface area contributed by atoms with Crippen molar-refractivity contribution in [2.24, 2.45) is 0 Å². The fraction of sp³-hybridized carbons (Fsp3) is 0.556. The van der Waals surface area contributed by atoms with E-state index in [-0.39, 0.29) is 6.29 Å². The van der Waals surface area contributed by atoms with Crippen molar-refractivity contribution >= 4 is 10.9 Å². The second-order valence-corrected chi connectivity index (χ2v) is 6.24. The average Bonchev–Trinajstić information content (AvgIpc) is 3.02. The Bertz CT molecular complexity index is 618. The third-order valence-electron chi connectivity index (χ3n) is 4.05. The Morgan fingerprint density at radius 2 is 2.13 bits per heavy atom. The van der Waals surface area contributed by atoms with Crippen LogP contribution in [0.4, 0.5) is 0 Å². The molecule has 1 aliphatic heterocycles. The number of hydrogen-bond acceptors (Lipinski definition) is 4. The normalized spacial score (nSPS) is 18.7. The van der Waals surface area contributed by atoms with Crippen LogP contribution >= 0.6 is 0 Å². The van der Waals surface area contributed by atoms with Crippen molar-refractivity contribution in [3.05, 3.63) is 30.0 Å². The Hall–Kier alpha value is -1.56. The van der Waals surface area contributed by atoms with Gasteiger partial charge in [0, 0.05) is 24.9 Å². The summed E-state index contributed by atoms with van der Waals surface area (Å²) in [6.07, 6.45) is 5.22. The third-order valence-corrected chi connectivity index (χ3v) is 4.05. The summed E-state index contributed by atoms with van der Waals surface area (Å²) >= 11 is 0. The zero-order chi connectivity index (χ0) is 16.1. The van der Waals surface area contributed by atoms with Gasteiger partial charge in [0.25, 0.3) is 0 Å². The summed E-state index contributed by atoms with van der Waals surface area (Å²) in [6.45, 7) is 2.73. The Kier molecular flexibility index (Phi) is 5.54. The lowest BCUT2D eigenvalue weighted by atomic mass is 10.1. The molecule has 1 unspecified atom stereocenters. The first kappa shape index (κ1) is 16.3. The van der Waals surface area contributed by atoms with Gasteiger partial charge in [0.1, 0.15) is 12.4 Å². The van der Waals surface area contributed by atoms with Crippen molar-refractivity contribution in [3.8, 4) is 5.75 Å². The van der Waals surface area contributed by atoms with E-state index in [2.05, 4.69) is 36.1 Å². The number of nitrogens with one attached hydrogen (secondary N) is 1. The number of H-pyrrole nitrogens is 1. The van der Waals surface area contributed by atoms with Gasteiger partial charge in [-0.2, -0.15) is 0 Å². The summed E-state index contributed by atoms with van der Waals surface area (Å²) in [5.41, 5.74) is 2.33. The average molecular weight is 318 g/mol. The van der Waals surface area contributed by atoms with Gasteiger partial charge in [-0.05, 0) is 56.9 Å². The summed E-state index contributed by atoms with van der Waals surface area (Å²) in [6, 6.07) is 6.22. The number of rotatable bonds is 7. The molecule has 1 saturated heterocycles. The van der Waals surface area contributed by atoms with Crippen LogP contribution in [-0.2, 0) is 16.0 Å². The molecular weight excluding hydrogens is 292 g/mol. The van der Waals surface area contributed by atoms with E-state index in [4.69, 9.17) is 14.2 Å². The quantitative estimate of drug-likeness (QED) is 0.797. The minimum absolute atomic E-state index is 0.0560. The van der Waals surface area contributed by atoms with Gasteiger partial charge in [-0.25, -0.2) is 0 Å². The first-order valence-corrected chi connectivity index (χ1v) is 8.34. The maximum absolute atomic E-state index is 5.98. The molecule has 126 valence electrons. The van der Waals surface area contributed by atoms with Crippen LogP contribution < -0.4 is 4.74 Å². The van der Waals surface area contributed by atoms with E-state index in [1.165, 1.54) is 17.4 Å². The SMILES string of the molecule is CN(C)Cc1c(OCCOC2CCCCO2)ccc2cc[nH]c12. The van der Waals surface area contributed by atoms with Crippen LogP contribution in [0.15, 0.2) is 24.4 Å². The van der Waals surface area contributed by atoms with Gasteiger partial charge in [-0.15, -0.1) is 0 Å². The van der Waals surface area contributed by atoms with Crippen molar-refractivity contribution < 1.29 is 14.2 Å². The monoisotopic (exact) mass is 318 g/mol. The zero-order valence-electron chi connectivity index (χ0n) is 14.0. The summed E-state index contributed by atoms with van der Waals surface area (Å²) in [5.74, 6) is 0.918. The lowest BCUT2D eigenvalue weighted by molar-refractivity contribution is -0.165. The topological polar surface area (TPSA) is 46.7 Å². The summed E-state index contributed by atoms with van der Waals surface area (Å²) < 4.78 is 17.3. The molecule has 2 aromatic rings. The summed E-state index contributed by atoms with van der Waals surface area (Å²) in [5, 5.41) is 1.21. The molecule has 1 N–H and O–H groups in total. The van der Waals surface area contributed by atoms with E-state index in [9.17, 15) is 0 Å². The van der Waals surface area contributed by atoms with Crippen molar-refractivity contribution in [1.29, 1.82) is 0 Å². The van der Waals surface area contributed by atoms with Crippen LogP contribution in [0.3, 0.4) is 0 Å². The van der Waals surface area contributed by atoms with Gasteiger partial charge >= 0.3 is 0 Å². The Labute approximate surface area is 137 Å². The smallest absolute Gasteiger partial charge is 0.157 e. The van der Waals surface area contributed by atoms with E-state index >= 15 is 0 Å². The molecule has 1 atom stereocenters. The first-order valence-electron chi connectivity index (χ1n) is 8.34. The Balaban J connectivity index is 1.60. The molecular formula is C18H26N2O3. The second kappa shape index (κ2) is 7.81. The predicted molar refractivity (Wildman–Crippen MR) is 90.7 cm³/mol. The number of nitrogens with zero attached hydrogens (tertiary/aromatic N) is 1. The highest BCUT2D eigenvalue weighted by Gasteiger charge is 2.14. The first-order chi connectivity index (χ1) is 11.2. The van der Waals surface area contributed by atoms with E-state index in [1.54, 1.807) is 0 Å². The van der Waals surface area contributed by atoms with Crippen LogP contribution in [0.2, 0.25) is 0 Å². The van der Waals surface area contributed by atoms with Gasteiger partial charge in [0.05, 0.1) is 12.1 Å². The number of aromatic nitrogens is 1. The van der Waals surface area contributed by atoms with Gasteiger partial charge in [0.15, 0.2) is 6.29 Å². The van der Waals surface area contributed by atoms with Crippen LogP contribution in [0.5, 0.6) is 5.75 Å². The number of fused-ring (bicyclic) bond motifs is 1. The van der Waals surface area contributed by atoms with Crippen molar-refractivity contribution in [1.82, 2.24) is 9.88 Å². The number of aromatic amines is 1. The van der Waals surface area contributed by atoms with Gasteiger partial charge in [-0.1, -0.05) is 0 Å².